The Morgan fingerprint density at radius 1 is 1.35 bits per heavy atom. The van der Waals surface area contributed by atoms with Gasteiger partial charge in [0, 0.05) is 18.4 Å². The summed E-state index contributed by atoms with van der Waals surface area (Å²) >= 11 is 0. The first-order valence-electron chi connectivity index (χ1n) is 7.18. The Hall–Kier alpha value is -2.43. The van der Waals surface area contributed by atoms with Gasteiger partial charge in [-0.15, -0.1) is 0 Å². The molecule has 3 heterocycles. The molecule has 1 N–H and O–H groups in total. The monoisotopic (exact) mass is 267 g/mol. The van der Waals surface area contributed by atoms with E-state index in [9.17, 15) is 4.79 Å². The molecule has 0 radical (unpaired) electrons. The highest BCUT2D eigenvalue weighted by atomic mass is 16.1. The van der Waals surface area contributed by atoms with E-state index in [0.29, 0.717) is 23.1 Å². The lowest BCUT2D eigenvalue weighted by molar-refractivity contribution is 0.102. The van der Waals surface area contributed by atoms with Crippen molar-refractivity contribution in [1.82, 2.24) is 9.97 Å². The van der Waals surface area contributed by atoms with Crippen LogP contribution in [0.25, 0.3) is 0 Å². The van der Waals surface area contributed by atoms with Crippen molar-refractivity contribution in [3.63, 3.8) is 0 Å². The van der Waals surface area contributed by atoms with Crippen LogP contribution >= 0.6 is 0 Å². The standard InChI is InChI=1S/C15H14N4O/c1-9-6-8-17-14-12(9)18-15(20)11-3-2-7-16-13(11)19(14)10-4-5-10/h2-3,6-8,10H,4-5H2,1H3,(H,18,20)/i3D. The molecule has 0 aromatic carbocycles. The number of amides is 1. The highest BCUT2D eigenvalue weighted by molar-refractivity contribution is 6.11. The lowest BCUT2D eigenvalue weighted by Crippen LogP contribution is -2.22. The molecule has 5 nitrogen and oxygen atoms in total. The van der Waals surface area contributed by atoms with Gasteiger partial charge in [0.25, 0.3) is 5.91 Å². The minimum Gasteiger partial charge on any atom is -0.318 e. The minimum absolute atomic E-state index is 0.189. The number of carbonyl (C=O) groups is 1. The van der Waals surface area contributed by atoms with Crippen LogP contribution in [0, 0.1) is 6.92 Å². The van der Waals surface area contributed by atoms with Gasteiger partial charge in [0.1, 0.15) is 5.82 Å². The molecular formula is C15H14N4O. The van der Waals surface area contributed by atoms with Crippen molar-refractivity contribution in [2.45, 2.75) is 25.8 Å². The summed E-state index contributed by atoms with van der Waals surface area (Å²) in [7, 11) is 0. The fourth-order valence-electron chi connectivity index (χ4n) is 2.54. The maximum absolute atomic E-state index is 12.5. The normalized spacial score (nSPS) is 17.8. The first-order chi connectivity index (χ1) is 10.2. The van der Waals surface area contributed by atoms with Crippen molar-refractivity contribution in [2.24, 2.45) is 0 Å². The first-order valence-corrected chi connectivity index (χ1v) is 6.68. The van der Waals surface area contributed by atoms with Crippen molar-refractivity contribution < 1.29 is 6.17 Å². The zero-order chi connectivity index (χ0) is 14.6. The van der Waals surface area contributed by atoms with E-state index in [2.05, 4.69) is 15.3 Å². The summed E-state index contributed by atoms with van der Waals surface area (Å²) in [5.74, 6) is 0.977. The van der Waals surface area contributed by atoms with Crippen LogP contribution in [0.1, 0.15) is 30.1 Å². The molecule has 5 heteroatoms. The summed E-state index contributed by atoms with van der Waals surface area (Å²) < 4.78 is 8.04. The predicted octanol–water partition coefficient (Wildman–Crippen LogP) is 2.65. The van der Waals surface area contributed by atoms with Crippen molar-refractivity contribution >= 4 is 23.2 Å². The van der Waals surface area contributed by atoms with Crippen LogP contribution in [0.5, 0.6) is 0 Å². The SMILES string of the molecule is [2H]c1ccnc2c1C(=O)Nc1c(C)ccnc1N2C1CC1. The number of aromatic nitrogens is 2. The summed E-state index contributed by atoms with van der Waals surface area (Å²) in [6, 6.07) is 3.90. The number of anilines is 3. The summed E-state index contributed by atoms with van der Waals surface area (Å²) in [6.45, 7) is 1.94. The van der Waals surface area contributed by atoms with E-state index in [0.717, 1.165) is 24.2 Å². The Morgan fingerprint density at radius 2 is 2.15 bits per heavy atom. The van der Waals surface area contributed by atoms with Crippen LogP contribution in [-0.4, -0.2) is 21.9 Å². The zero-order valence-electron chi connectivity index (χ0n) is 12.1. The third kappa shape index (κ3) is 1.59. The molecule has 0 spiro atoms. The topological polar surface area (TPSA) is 58.1 Å². The van der Waals surface area contributed by atoms with Crippen molar-refractivity contribution in [1.29, 1.82) is 0 Å². The molecular weight excluding hydrogens is 252 g/mol. The fraction of sp³-hybridized carbons (Fsp3) is 0.267. The Bertz CT molecular complexity index is 757. The first kappa shape index (κ1) is 10.4. The fourth-order valence-corrected chi connectivity index (χ4v) is 2.54. The number of carbonyl (C=O) groups excluding carboxylic acids is 1. The third-order valence-electron chi connectivity index (χ3n) is 3.70. The van der Waals surface area contributed by atoms with Gasteiger partial charge in [0.15, 0.2) is 5.82 Å². The van der Waals surface area contributed by atoms with Crippen LogP contribution in [0.3, 0.4) is 0 Å². The predicted molar refractivity (Wildman–Crippen MR) is 76.3 cm³/mol. The van der Waals surface area contributed by atoms with Gasteiger partial charge in [0.2, 0.25) is 0 Å². The molecule has 0 bridgehead atoms. The van der Waals surface area contributed by atoms with Crippen molar-refractivity contribution in [3.8, 4) is 0 Å². The Labute approximate surface area is 118 Å². The Morgan fingerprint density at radius 3 is 2.95 bits per heavy atom. The molecule has 1 aliphatic heterocycles. The Kier molecular flexibility index (Phi) is 2.09. The molecule has 4 rings (SSSR count). The van der Waals surface area contributed by atoms with Gasteiger partial charge >= 0.3 is 0 Å². The van der Waals surface area contributed by atoms with Crippen molar-refractivity contribution in [3.05, 3.63) is 41.7 Å². The van der Waals surface area contributed by atoms with Crippen LogP contribution in [-0.2, 0) is 0 Å². The van der Waals surface area contributed by atoms with E-state index in [4.69, 9.17) is 1.37 Å². The average Bonchev–Trinajstić information content (AvgIpc) is 3.27. The number of pyridine rings is 2. The smallest absolute Gasteiger partial charge is 0.259 e. The molecule has 2 aliphatic rings. The van der Waals surface area contributed by atoms with E-state index in [-0.39, 0.29) is 11.9 Å². The maximum Gasteiger partial charge on any atom is 0.259 e. The van der Waals surface area contributed by atoms with Gasteiger partial charge in [-0.3, -0.25) is 4.79 Å². The molecule has 1 saturated carbocycles. The van der Waals surface area contributed by atoms with Crippen LogP contribution < -0.4 is 10.2 Å². The number of aryl methyl sites for hydroxylation is 1. The minimum atomic E-state index is -0.288. The number of fused-ring (bicyclic) bond motifs is 2. The summed E-state index contributed by atoms with van der Waals surface area (Å²) in [5.41, 5.74) is 1.99. The largest absolute Gasteiger partial charge is 0.318 e. The summed E-state index contributed by atoms with van der Waals surface area (Å²) in [5, 5.41) is 2.90. The van der Waals surface area contributed by atoms with E-state index < -0.39 is 0 Å². The molecule has 0 saturated heterocycles. The number of hydrogen-bond acceptors (Lipinski definition) is 4. The highest BCUT2D eigenvalue weighted by Crippen LogP contribution is 2.43. The van der Waals surface area contributed by atoms with Gasteiger partial charge in [0.05, 0.1) is 12.6 Å². The molecule has 0 atom stereocenters. The van der Waals surface area contributed by atoms with E-state index in [1.54, 1.807) is 18.5 Å². The van der Waals surface area contributed by atoms with Crippen LogP contribution in [0.4, 0.5) is 17.3 Å². The third-order valence-corrected chi connectivity index (χ3v) is 3.70. The summed E-state index contributed by atoms with van der Waals surface area (Å²) in [6.07, 6.45) is 5.41. The van der Waals surface area contributed by atoms with E-state index >= 15 is 0 Å². The second kappa shape index (κ2) is 4.03. The van der Waals surface area contributed by atoms with Gasteiger partial charge in [-0.2, -0.15) is 0 Å². The molecule has 2 aromatic heterocycles. The van der Waals surface area contributed by atoms with E-state index in [1.807, 2.05) is 17.9 Å². The molecule has 1 fully saturated rings. The second-order valence-corrected chi connectivity index (χ2v) is 5.17. The number of rotatable bonds is 1. The van der Waals surface area contributed by atoms with E-state index in [1.165, 1.54) is 0 Å². The lowest BCUT2D eigenvalue weighted by atomic mass is 10.2. The van der Waals surface area contributed by atoms with Crippen LogP contribution in [0.2, 0.25) is 0 Å². The molecule has 2 aromatic rings. The summed E-state index contributed by atoms with van der Waals surface area (Å²) in [4.78, 5) is 23.3. The quantitative estimate of drug-likeness (QED) is 0.863. The highest BCUT2D eigenvalue weighted by Gasteiger charge is 2.37. The van der Waals surface area contributed by atoms with Crippen molar-refractivity contribution in [2.75, 3.05) is 10.2 Å². The number of nitrogens with zero attached hydrogens (tertiary/aromatic N) is 3. The number of hydrogen-bond donors (Lipinski definition) is 1. The van der Waals surface area contributed by atoms with Gasteiger partial charge in [-0.1, -0.05) is 0 Å². The zero-order valence-corrected chi connectivity index (χ0v) is 11.1. The average molecular weight is 267 g/mol. The molecule has 1 aliphatic carbocycles. The lowest BCUT2D eigenvalue weighted by Gasteiger charge is -2.23. The molecule has 20 heavy (non-hydrogen) atoms. The second-order valence-electron chi connectivity index (χ2n) is 5.17. The number of nitrogens with one attached hydrogen (secondary N) is 1. The van der Waals surface area contributed by atoms with Gasteiger partial charge in [-0.25, -0.2) is 9.97 Å². The molecule has 0 unspecified atom stereocenters. The van der Waals surface area contributed by atoms with Gasteiger partial charge < -0.3 is 10.2 Å². The molecule has 100 valence electrons. The maximum atomic E-state index is 12.5. The van der Waals surface area contributed by atoms with Gasteiger partial charge in [-0.05, 0) is 43.5 Å². The van der Waals surface area contributed by atoms with Crippen LogP contribution in [0.15, 0.2) is 30.6 Å². The Balaban J connectivity index is 2.02. The molecule has 1 amide bonds.